The lowest BCUT2D eigenvalue weighted by molar-refractivity contribution is -0.138. The van der Waals surface area contributed by atoms with E-state index in [9.17, 15) is 4.79 Å². The van der Waals surface area contributed by atoms with Crippen LogP contribution in [0.1, 0.15) is 18.5 Å². The minimum Gasteiger partial charge on any atom is -0.492 e. The second-order valence-corrected chi connectivity index (χ2v) is 4.82. The van der Waals surface area contributed by atoms with Crippen LogP contribution in [0.2, 0.25) is 0 Å². The molecule has 0 heterocycles. The number of carboxylic acid groups (broad SMARTS) is 1. The van der Waals surface area contributed by atoms with Crippen LogP contribution in [0.25, 0.3) is 0 Å². The van der Waals surface area contributed by atoms with Crippen LogP contribution >= 0.6 is 31.9 Å². The molecule has 1 rings (SSSR count). The third-order valence-corrected chi connectivity index (χ3v) is 2.97. The van der Waals surface area contributed by atoms with Crippen molar-refractivity contribution in [3.05, 3.63) is 26.6 Å². The number of carboxylic acids is 1. The lowest BCUT2D eigenvalue weighted by Crippen LogP contribution is -2.21. The molecule has 0 saturated carbocycles. The normalized spacial score (nSPS) is 12.2. The van der Waals surface area contributed by atoms with E-state index in [0.717, 1.165) is 4.47 Å². The van der Waals surface area contributed by atoms with Gasteiger partial charge in [0.2, 0.25) is 0 Å². The average Bonchev–Trinajstić information content (AvgIpc) is 2.20. The minimum absolute atomic E-state index is 0.440. The van der Waals surface area contributed by atoms with Crippen LogP contribution in [0.4, 0.5) is 0 Å². The first-order valence-corrected chi connectivity index (χ1v) is 6.16. The number of nitrogens with two attached hydrogens (primary N) is 1. The minimum atomic E-state index is -1.10. The van der Waals surface area contributed by atoms with Gasteiger partial charge in [0, 0.05) is 10.0 Å². The summed E-state index contributed by atoms with van der Waals surface area (Å²) in [6.07, 6.45) is 0. The second kappa shape index (κ2) is 5.65. The Kier molecular flexibility index (Phi) is 4.76. The molecule has 0 fully saturated rings. The highest BCUT2D eigenvalue weighted by atomic mass is 79.9. The molecule has 1 aromatic carbocycles. The number of rotatable bonds is 4. The van der Waals surface area contributed by atoms with E-state index in [2.05, 4.69) is 31.9 Å². The summed E-state index contributed by atoms with van der Waals surface area (Å²) in [4.78, 5) is 10.9. The summed E-state index contributed by atoms with van der Waals surface area (Å²) in [5.41, 5.74) is 6.03. The van der Waals surface area contributed by atoms with Gasteiger partial charge in [-0.05, 0) is 35.0 Å². The predicted octanol–water partition coefficient (Wildman–Crippen LogP) is 2.69. The highest BCUT2D eigenvalue weighted by Gasteiger charge is 2.21. The first kappa shape index (κ1) is 13.5. The van der Waals surface area contributed by atoms with Crippen LogP contribution in [-0.2, 0) is 4.79 Å². The molecule has 1 aromatic rings. The molecule has 0 bridgehead atoms. The number of hydrogen-bond donors (Lipinski definition) is 2. The van der Waals surface area contributed by atoms with Crippen molar-refractivity contribution in [1.29, 1.82) is 0 Å². The van der Waals surface area contributed by atoms with Gasteiger partial charge in [0.15, 0.2) is 0 Å². The van der Waals surface area contributed by atoms with E-state index in [1.54, 1.807) is 12.1 Å². The molecule has 0 saturated heterocycles. The quantitative estimate of drug-likeness (QED) is 0.873. The van der Waals surface area contributed by atoms with Crippen molar-refractivity contribution in [2.75, 3.05) is 6.61 Å². The van der Waals surface area contributed by atoms with E-state index in [0.29, 0.717) is 22.4 Å². The van der Waals surface area contributed by atoms with Gasteiger partial charge in [-0.15, -0.1) is 0 Å². The summed E-state index contributed by atoms with van der Waals surface area (Å²) < 4.78 is 6.80. The van der Waals surface area contributed by atoms with Crippen molar-refractivity contribution < 1.29 is 14.6 Å². The van der Waals surface area contributed by atoms with E-state index in [-0.39, 0.29) is 0 Å². The maximum atomic E-state index is 10.9. The van der Waals surface area contributed by atoms with Gasteiger partial charge in [0.1, 0.15) is 11.8 Å². The highest BCUT2D eigenvalue weighted by molar-refractivity contribution is 9.11. The first-order chi connectivity index (χ1) is 7.47. The molecule has 1 atom stereocenters. The Morgan fingerprint density at radius 2 is 2.19 bits per heavy atom. The molecular formula is C10H11Br2NO3. The molecule has 0 unspecified atom stereocenters. The molecule has 88 valence electrons. The molecule has 0 radical (unpaired) electrons. The maximum Gasteiger partial charge on any atom is 0.325 e. The lowest BCUT2D eigenvalue weighted by atomic mass is 10.1. The Balaban J connectivity index is 3.28. The van der Waals surface area contributed by atoms with Crippen LogP contribution in [0, 0.1) is 0 Å². The standard InChI is InChI=1S/C10H11Br2NO3/c1-2-16-9-6(8(13)10(14)15)3-5(11)4-7(9)12/h3-4,8H,2,13H2,1H3,(H,14,15)/t8-/m0/s1. The molecule has 3 N–H and O–H groups in total. The SMILES string of the molecule is CCOc1c(Br)cc(Br)cc1[C@H](N)C(=O)O. The van der Waals surface area contributed by atoms with Gasteiger partial charge in [-0.3, -0.25) is 4.79 Å². The number of ether oxygens (including phenoxy) is 1. The molecule has 0 aliphatic heterocycles. The zero-order valence-electron chi connectivity index (χ0n) is 8.54. The molecular weight excluding hydrogens is 342 g/mol. The third kappa shape index (κ3) is 2.96. The van der Waals surface area contributed by atoms with E-state index < -0.39 is 12.0 Å². The topological polar surface area (TPSA) is 72.5 Å². The largest absolute Gasteiger partial charge is 0.492 e. The first-order valence-electron chi connectivity index (χ1n) is 4.57. The number of aliphatic carboxylic acids is 1. The molecule has 6 heteroatoms. The molecule has 16 heavy (non-hydrogen) atoms. The number of benzene rings is 1. The van der Waals surface area contributed by atoms with Gasteiger partial charge in [0.05, 0.1) is 11.1 Å². The summed E-state index contributed by atoms with van der Waals surface area (Å²) in [6, 6.07) is 2.33. The summed E-state index contributed by atoms with van der Waals surface area (Å²) in [7, 11) is 0. The highest BCUT2D eigenvalue weighted by Crippen LogP contribution is 2.35. The van der Waals surface area contributed by atoms with Gasteiger partial charge in [-0.1, -0.05) is 15.9 Å². The van der Waals surface area contributed by atoms with Crippen LogP contribution in [0.15, 0.2) is 21.1 Å². The van der Waals surface area contributed by atoms with Crippen LogP contribution in [-0.4, -0.2) is 17.7 Å². The van der Waals surface area contributed by atoms with E-state index in [1.165, 1.54) is 0 Å². The predicted molar refractivity (Wildman–Crippen MR) is 67.6 cm³/mol. The summed E-state index contributed by atoms with van der Waals surface area (Å²) in [5.74, 6) is -0.619. The molecule has 0 amide bonds. The average molecular weight is 353 g/mol. The van der Waals surface area contributed by atoms with Crippen LogP contribution in [0.5, 0.6) is 5.75 Å². The molecule has 0 aliphatic carbocycles. The summed E-state index contributed by atoms with van der Waals surface area (Å²) in [5, 5.41) is 8.90. The fourth-order valence-electron chi connectivity index (χ4n) is 1.24. The second-order valence-electron chi connectivity index (χ2n) is 3.05. The van der Waals surface area contributed by atoms with Gasteiger partial charge < -0.3 is 15.6 Å². The molecule has 4 nitrogen and oxygen atoms in total. The van der Waals surface area contributed by atoms with Gasteiger partial charge in [0.25, 0.3) is 0 Å². The summed E-state index contributed by atoms with van der Waals surface area (Å²) >= 11 is 6.59. The molecule has 0 aliphatic rings. The fraction of sp³-hybridized carbons (Fsp3) is 0.300. The van der Waals surface area contributed by atoms with Crippen LogP contribution < -0.4 is 10.5 Å². The lowest BCUT2D eigenvalue weighted by Gasteiger charge is -2.15. The Morgan fingerprint density at radius 1 is 1.56 bits per heavy atom. The van der Waals surface area contributed by atoms with Crippen molar-refractivity contribution in [3.8, 4) is 5.75 Å². The number of halogens is 2. The number of carbonyl (C=O) groups is 1. The monoisotopic (exact) mass is 351 g/mol. The van der Waals surface area contributed by atoms with Crippen molar-refractivity contribution in [1.82, 2.24) is 0 Å². The Morgan fingerprint density at radius 3 is 2.69 bits per heavy atom. The molecule has 0 spiro atoms. The van der Waals surface area contributed by atoms with Gasteiger partial charge >= 0.3 is 5.97 Å². The Labute approximate surface area is 110 Å². The van der Waals surface area contributed by atoms with Crippen molar-refractivity contribution in [2.45, 2.75) is 13.0 Å². The third-order valence-electron chi connectivity index (χ3n) is 1.93. The number of hydrogen-bond acceptors (Lipinski definition) is 3. The van der Waals surface area contributed by atoms with Crippen LogP contribution in [0.3, 0.4) is 0 Å². The zero-order chi connectivity index (χ0) is 12.3. The summed E-state index contributed by atoms with van der Waals surface area (Å²) in [6.45, 7) is 2.27. The van der Waals surface area contributed by atoms with Crippen molar-refractivity contribution in [2.24, 2.45) is 5.73 Å². The van der Waals surface area contributed by atoms with Crippen molar-refractivity contribution in [3.63, 3.8) is 0 Å². The fourth-order valence-corrected chi connectivity index (χ4v) is 2.61. The Hall–Kier alpha value is -0.590. The maximum absolute atomic E-state index is 10.9. The van der Waals surface area contributed by atoms with Gasteiger partial charge in [-0.2, -0.15) is 0 Å². The molecule has 0 aromatic heterocycles. The Bertz CT molecular complexity index is 409. The van der Waals surface area contributed by atoms with E-state index in [1.807, 2.05) is 6.92 Å². The van der Waals surface area contributed by atoms with Crippen molar-refractivity contribution >= 4 is 37.8 Å². The smallest absolute Gasteiger partial charge is 0.325 e. The van der Waals surface area contributed by atoms with E-state index in [4.69, 9.17) is 15.6 Å². The van der Waals surface area contributed by atoms with E-state index >= 15 is 0 Å². The van der Waals surface area contributed by atoms with Gasteiger partial charge in [-0.25, -0.2) is 0 Å². The zero-order valence-corrected chi connectivity index (χ0v) is 11.7.